The fourth-order valence-electron chi connectivity index (χ4n) is 2.41. The Labute approximate surface area is 81.9 Å². The maximum atomic E-state index is 9.67. The third kappa shape index (κ3) is 1.96. The number of hydrogen-bond acceptors (Lipinski definition) is 1. The second-order valence-electron chi connectivity index (χ2n) is 5.33. The van der Waals surface area contributed by atoms with Crippen LogP contribution in [0.4, 0.5) is 0 Å². The minimum atomic E-state index is -0.0991. The summed E-state index contributed by atoms with van der Waals surface area (Å²) in [5, 5.41) is 9.67. The van der Waals surface area contributed by atoms with Crippen LogP contribution in [0.25, 0.3) is 0 Å². The number of allylic oxidation sites excluding steroid dienone is 1. The summed E-state index contributed by atoms with van der Waals surface area (Å²) in [5.41, 5.74) is 0.562. The zero-order chi connectivity index (χ0) is 10.1. The minimum Gasteiger partial charge on any atom is -0.393 e. The first-order valence-electron chi connectivity index (χ1n) is 5.20. The lowest BCUT2D eigenvalue weighted by Crippen LogP contribution is -2.42. The van der Waals surface area contributed by atoms with E-state index in [9.17, 15) is 5.11 Å². The lowest BCUT2D eigenvalue weighted by Gasteiger charge is -2.49. The maximum Gasteiger partial charge on any atom is 0.0546 e. The molecule has 13 heavy (non-hydrogen) atoms. The fourth-order valence-corrected chi connectivity index (χ4v) is 2.41. The summed E-state index contributed by atoms with van der Waals surface area (Å²) in [5.74, 6) is 0. The van der Waals surface area contributed by atoms with E-state index in [2.05, 4.69) is 27.4 Å². The highest BCUT2D eigenvalue weighted by atomic mass is 16.3. The first kappa shape index (κ1) is 10.8. The molecular weight excluding hydrogens is 160 g/mol. The summed E-state index contributed by atoms with van der Waals surface area (Å²) in [6.45, 7) is 10.7. The van der Waals surface area contributed by atoms with E-state index in [1.807, 2.05) is 6.08 Å². The first-order valence-corrected chi connectivity index (χ1v) is 5.20. The van der Waals surface area contributed by atoms with Gasteiger partial charge >= 0.3 is 0 Å². The summed E-state index contributed by atoms with van der Waals surface area (Å²) in [6, 6.07) is 0. The predicted molar refractivity (Wildman–Crippen MR) is 56.6 cm³/mol. The molecule has 0 heterocycles. The molecule has 0 bridgehead atoms. The fraction of sp³-hybridized carbons (Fsp3) is 0.833. The van der Waals surface area contributed by atoms with Crippen molar-refractivity contribution in [3.8, 4) is 0 Å². The van der Waals surface area contributed by atoms with E-state index < -0.39 is 0 Å². The lowest BCUT2D eigenvalue weighted by atomic mass is 9.57. The van der Waals surface area contributed by atoms with Crippen molar-refractivity contribution < 1.29 is 5.11 Å². The van der Waals surface area contributed by atoms with Crippen molar-refractivity contribution in [2.45, 2.75) is 52.6 Å². The SMILES string of the molecule is C=CCC1(C)CC(O)CCC1(C)C. The Kier molecular flexibility index (Phi) is 2.86. The number of hydrogen-bond donors (Lipinski definition) is 1. The molecule has 0 aromatic carbocycles. The van der Waals surface area contributed by atoms with Crippen molar-refractivity contribution in [1.82, 2.24) is 0 Å². The van der Waals surface area contributed by atoms with Crippen molar-refractivity contribution in [3.05, 3.63) is 12.7 Å². The molecule has 1 aliphatic rings. The van der Waals surface area contributed by atoms with Gasteiger partial charge in [0, 0.05) is 0 Å². The third-order valence-corrected chi connectivity index (χ3v) is 4.02. The zero-order valence-corrected chi connectivity index (χ0v) is 9.14. The van der Waals surface area contributed by atoms with Gasteiger partial charge in [-0.2, -0.15) is 0 Å². The standard InChI is InChI=1S/C12H22O/c1-5-7-12(4)9-10(13)6-8-11(12,2)3/h5,10,13H,1,6-9H2,2-4H3. The van der Waals surface area contributed by atoms with E-state index in [1.54, 1.807) is 0 Å². The van der Waals surface area contributed by atoms with Crippen molar-refractivity contribution in [2.75, 3.05) is 0 Å². The van der Waals surface area contributed by atoms with Crippen LogP contribution in [0.5, 0.6) is 0 Å². The van der Waals surface area contributed by atoms with Crippen LogP contribution >= 0.6 is 0 Å². The summed E-state index contributed by atoms with van der Waals surface area (Å²) < 4.78 is 0. The average Bonchev–Trinajstić information content (AvgIpc) is 1.99. The molecule has 0 aromatic heterocycles. The highest BCUT2D eigenvalue weighted by Gasteiger charge is 2.44. The van der Waals surface area contributed by atoms with Crippen LogP contribution in [0.2, 0.25) is 0 Å². The molecule has 1 saturated carbocycles. The largest absolute Gasteiger partial charge is 0.393 e. The molecule has 2 unspecified atom stereocenters. The Morgan fingerprint density at radius 2 is 2.08 bits per heavy atom. The van der Waals surface area contributed by atoms with E-state index in [0.717, 1.165) is 25.7 Å². The monoisotopic (exact) mass is 182 g/mol. The van der Waals surface area contributed by atoms with E-state index in [0.29, 0.717) is 5.41 Å². The summed E-state index contributed by atoms with van der Waals surface area (Å²) in [7, 11) is 0. The minimum absolute atomic E-state index is 0.0991. The van der Waals surface area contributed by atoms with Crippen LogP contribution < -0.4 is 0 Å². The van der Waals surface area contributed by atoms with Gasteiger partial charge in [-0.15, -0.1) is 6.58 Å². The van der Waals surface area contributed by atoms with Crippen molar-refractivity contribution >= 4 is 0 Å². The molecule has 1 N–H and O–H groups in total. The van der Waals surface area contributed by atoms with Crippen LogP contribution in [0.1, 0.15) is 46.5 Å². The number of aliphatic hydroxyl groups is 1. The molecule has 0 aliphatic heterocycles. The van der Waals surface area contributed by atoms with Crippen LogP contribution in [-0.2, 0) is 0 Å². The zero-order valence-electron chi connectivity index (χ0n) is 9.14. The van der Waals surface area contributed by atoms with E-state index in [-0.39, 0.29) is 11.5 Å². The van der Waals surface area contributed by atoms with Crippen LogP contribution in [0.3, 0.4) is 0 Å². The molecule has 1 heteroatoms. The van der Waals surface area contributed by atoms with Gasteiger partial charge < -0.3 is 5.11 Å². The molecule has 0 spiro atoms. The van der Waals surface area contributed by atoms with Gasteiger partial charge in [0.1, 0.15) is 0 Å². The molecule has 1 rings (SSSR count). The average molecular weight is 182 g/mol. The molecule has 0 saturated heterocycles. The van der Waals surface area contributed by atoms with Crippen molar-refractivity contribution in [3.63, 3.8) is 0 Å². The first-order chi connectivity index (χ1) is 5.91. The van der Waals surface area contributed by atoms with Gasteiger partial charge in [-0.3, -0.25) is 0 Å². The Balaban J connectivity index is 2.81. The molecular formula is C12H22O. The van der Waals surface area contributed by atoms with Gasteiger partial charge in [0.25, 0.3) is 0 Å². The van der Waals surface area contributed by atoms with Gasteiger partial charge in [0.2, 0.25) is 0 Å². The van der Waals surface area contributed by atoms with Gasteiger partial charge in [-0.05, 0) is 36.5 Å². The predicted octanol–water partition coefficient (Wildman–Crippen LogP) is 3.14. The quantitative estimate of drug-likeness (QED) is 0.650. The number of rotatable bonds is 2. The van der Waals surface area contributed by atoms with E-state index in [1.165, 1.54) is 0 Å². The van der Waals surface area contributed by atoms with Gasteiger partial charge in [-0.1, -0.05) is 26.8 Å². The Morgan fingerprint density at radius 3 is 2.62 bits per heavy atom. The molecule has 0 aromatic rings. The normalized spacial score (nSPS) is 38.6. The van der Waals surface area contributed by atoms with E-state index in [4.69, 9.17) is 0 Å². The third-order valence-electron chi connectivity index (χ3n) is 4.02. The Morgan fingerprint density at radius 1 is 1.46 bits per heavy atom. The molecule has 0 amide bonds. The van der Waals surface area contributed by atoms with Crippen molar-refractivity contribution in [1.29, 1.82) is 0 Å². The van der Waals surface area contributed by atoms with Gasteiger partial charge in [-0.25, -0.2) is 0 Å². The summed E-state index contributed by atoms with van der Waals surface area (Å²) in [4.78, 5) is 0. The van der Waals surface area contributed by atoms with Crippen LogP contribution in [-0.4, -0.2) is 11.2 Å². The van der Waals surface area contributed by atoms with E-state index >= 15 is 0 Å². The van der Waals surface area contributed by atoms with Crippen LogP contribution in [0.15, 0.2) is 12.7 Å². The Hall–Kier alpha value is -0.300. The molecule has 2 atom stereocenters. The Bertz CT molecular complexity index is 195. The maximum absolute atomic E-state index is 9.67. The molecule has 1 fully saturated rings. The van der Waals surface area contributed by atoms with Crippen molar-refractivity contribution in [2.24, 2.45) is 10.8 Å². The second kappa shape index (κ2) is 3.45. The number of aliphatic hydroxyl groups excluding tert-OH is 1. The van der Waals surface area contributed by atoms with Gasteiger partial charge in [0.05, 0.1) is 6.10 Å². The molecule has 0 radical (unpaired) electrons. The topological polar surface area (TPSA) is 20.2 Å². The summed E-state index contributed by atoms with van der Waals surface area (Å²) >= 11 is 0. The summed E-state index contributed by atoms with van der Waals surface area (Å²) in [6.07, 6.45) is 5.90. The molecule has 1 aliphatic carbocycles. The molecule has 1 nitrogen and oxygen atoms in total. The van der Waals surface area contributed by atoms with Crippen LogP contribution in [0, 0.1) is 10.8 Å². The second-order valence-corrected chi connectivity index (χ2v) is 5.33. The van der Waals surface area contributed by atoms with Gasteiger partial charge in [0.15, 0.2) is 0 Å². The molecule has 76 valence electrons. The lowest BCUT2D eigenvalue weighted by molar-refractivity contribution is -0.0350. The highest BCUT2D eigenvalue weighted by Crippen LogP contribution is 2.52. The smallest absolute Gasteiger partial charge is 0.0546 e. The highest BCUT2D eigenvalue weighted by molar-refractivity contribution is 4.98.